The Bertz CT molecular complexity index is 388. The van der Waals surface area contributed by atoms with Crippen molar-refractivity contribution in [1.29, 1.82) is 0 Å². The number of hydrogen-bond donors (Lipinski definition) is 0. The average molecular weight is 247 g/mol. The molecular formula is C12H13F4N. The molecule has 94 valence electrons. The van der Waals surface area contributed by atoms with Gasteiger partial charge in [-0.15, -0.1) is 0 Å². The van der Waals surface area contributed by atoms with E-state index in [4.69, 9.17) is 0 Å². The molecule has 0 aliphatic carbocycles. The Labute approximate surface area is 97.0 Å². The van der Waals surface area contributed by atoms with E-state index in [1.807, 2.05) is 0 Å². The molecule has 1 unspecified atom stereocenters. The van der Waals surface area contributed by atoms with Crippen molar-refractivity contribution in [2.45, 2.75) is 18.5 Å². The maximum Gasteiger partial charge on any atom is 0.401 e. The van der Waals surface area contributed by atoms with Gasteiger partial charge < -0.3 is 0 Å². The first-order chi connectivity index (χ1) is 7.94. The fourth-order valence-corrected chi connectivity index (χ4v) is 2.26. The minimum absolute atomic E-state index is 0.00745. The summed E-state index contributed by atoms with van der Waals surface area (Å²) in [7, 11) is 0. The Kier molecular flexibility index (Phi) is 3.38. The van der Waals surface area contributed by atoms with Gasteiger partial charge in [-0.1, -0.05) is 12.1 Å². The van der Waals surface area contributed by atoms with Crippen LogP contribution in [-0.4, -0.2) is 30.7 Å². The van der Waals surface area contributed by atoms with E-state index in [1.54, 1.807) is 12.1 Å². The second-order valence-corrected chi connectivity index (χ2v) is 4.39. The Morgan fingerprint density at radius 3 is 2.71 bits per heavy atom. The van der Waals surface area contributed by atoms with Crippen molar-refractivity contribution in [1.82, 2.24) is 4.90 Å². The highest BCUT2D eigenvalue weighted by atomic mass is 19.4. The van der Waals surface area contributed by atoms with Gasteiger partial charge in [0.2, 0.25) is 0 Å². The number of alkyl halides is 3. The largest absolute Gasteiger partial charge is 0.401 e. The zero-order valence-corrected chi connectivity index (χ0v) is 9.17. The average Bonchev–Trinajstić information content (AvgIpc) is 2.63. The maximum atomic E-state index is 13.0. The molecule has 1 aliphatic heterocycles. The van der Waals surface area contributed by atoms with E-state index in [1.165, 1.54) is 17.0 Å². The van der Waals surface area contributed by atoms with Crippen molar-refractivity contribution >= 4 is 0 Å². The summed E-state index contributed by atoms with van der Waals surface area (Å²) in [5.41, 5.74) is 0.787. The molecular weight excluding hydrogens is 234 g/mol. The molecule has 1 saturated heterocycles. The summed E-state index contributed by atoms with van der Waals surface area (Å²) in [6.07, 6.45) is -3.50. The first-order valence-electron chi connectivity index (χ1n) is 5.48. The van der Waals surface area contributed by atoms with Crippen LogP contribution in [0.2, 0.25) is 0 Å². The SMILES string of the molecule is Fc1cccc(C2CCN(CC(F)(F)F)C2)c1. The standard InChI is InChI=1S/C12H13F4N/c13-11-3-1-2-9(6-11)10-4-5-17(7-10)8-12(14,15)16/h1-3,6,10H,4-5,7-8H2. The Hall–Kier alpha value is -1.10. The normalized spacial score (nSPS) is 22.0. The van der Waals surface area contributed by atoms with Crippen LogP contribution in [0.1, 0.15) is 17.9 Å². The second-order valence-electron chi connectivity index (χ2n) is 4.39. The Balaban J connectivity index is 1.98. The molecule has 0 radical (unpaired) electrons. The van der Waals surface area contributed by atoms with Crippen LogP contribution >= 0.6 is 0 Å². The quantitative estimate of drug-likeness (QED) is 0.725. The predicted molar refractivity (Wildman–Crippen MR) is 56.3 cm³/mol. The fraction of sp³-hybridized carbons (Fsp3) is 0.500. The van der Waals surface area contributed by atoms with Crippen molar-refractivity contribution in [3.63, 3.8) is 0 Å². The highest BCUT2D eigenvalue weighted by Gasteiger charge is 2.34. The van der Waals surface area contributed by atoms with Gasteiger partial charge in [-0.2, -0.15) is 13.2 Å². The maximum absolute atomic E-state index is 13.0. The van der Waals surface area contributed by atoms with E-state index in [-0.39, 0.29) is 11.7 Å². The van der Waals surface area contributed by atoms with E-state index < -0.39 is 12.7 Å². The zero-order chi connectivity index (χ0) is 12.5. The molecule has 1 nitrogen and oxygen atoms in total. The van der Waals surface area contributed by atoms with Crippen LogP contribution in [0.3, 0.4) is 0 Å². The smallest absolute Gasteiger partial charge is 0.294 e. The molecule has 2 rings (SSSR count). The van der Waals surface area contributed by atoms with E-state index in [0.717, 1.165) is 5.56 Å². The van der Waals surface area contributed by atoms with Gasteiger partial charge in [-0.05, 0) is 36.6 Å². The molecule has 0 amide bonds. The summed E-state index contributed by atoms with van der Waals surface area (Å²) >= 11 is 0. The van der Waals surface area contributed by atoms with Crippen LogP contribution in [0.4, 0.5) is 17.6 Å². The van der Waals surface area contributed by atoms with Gasteiger partial charge in [-0.3, -0.25) is 4.90 Å². The van der Waals surface area contributed by atoms with Gasteiger partial charge in [0.15, 0.2) is 0 Å². The number of hydrogen-bond acceptors (Lipinski definition) is 1. The summed E-state index contributed by atoms with van der Waals surface area (Å²) in [5.74, 6) is -0.329. The van der Waals surface area contributed by atoms with Gasteiger partial charge in [0.25, 0.3) is 0 Å². The molecule has 1 aromatic rings. The number of rotatable bonds is 2. The second kappa shape index (κ2) is 4.64. The molecule has 5 heteroatoms. The minimum Gasteiger partial charge on any atom is -0.294 e. The Morgan fingerprint density at radius 2 is 2.06 bits per heavy atom. The lowest BCUT2D eigenvalue weighted by Crippen LogP contribution is -2.32. The van der Waals surface area contributed by atoms with Crippen molar-refractivity contribution in [3.8, 4) is 0 Å². The van der Waals surface area contributed by atoms with Crippen LogP contribution < -0.4 is 0 Å². The third-order valence-electron chi connectivity index (χ3n) is 3.00. The van der Waals surface area contributed by atoms with Crippen LogP contribution in [0.25, 0.3) is 0 Å². The topological polar surface area (TPSA) is 3.24 Å². The fourth-order valence-electron chi connectivity index (χ4n) is 2.26. The van der Waals surface area contributed by atoms with Crippen LogP contribution in [0, 0.1) is 5.82 Å². The number of halogens is 4. The molecule has 0 bridgehead atoms. The first kappa shape index (κ1) is 12.4. The molecule has 1 atom stereocenters. The third-order valence-corrected chi connectivity index (χ3v) is 3.00. The predicted octanol–water partition coefficient (Wildman–Crippen LogP) is 3.18. The van der Waals surface area contributed by atoms with E-state index in [9.17, 15) is 17.6 Å². The Morgan fingerprint density at radius 1 is 1.29 bits per heavy atom. The molecule has 17 heavy (non-hydrogen) atoms. The van der Waals surface area contributed by atoms with Gasteiger partial charge >= 0.3 is 6.18 Å². The molecule has 0 N–H and O–H groups in total. The lowest BCUT2D eigenvalue weighted by molar-refractivity contribution is -0.143. The molecule has 0 saturated carbocycles. The van der Waals surface area contributed by atoms with Crippen molar-refractivity contribution < 1.29 is 17.6 Å². The lowest BCUT2D eigenvalue weighted by atomic mass is 9.98. The van der Waals surface area contributed by atoms with Crippen molar-refractivity contribution in [3.05, 3.63) is 35.6 Å². The molecule has 0 aromatic heterocycles. The summed E-state index contributed by atoms with van der Waals surface area (Å²) in [6.45, 7) is -0.109. The first-order valence-corrected chi connectivity index (χ1v) is 5.48. The molecule has 1 heterocycles. The van der Waals surface area contributed by atoms with Gasteiger partial charge in [-0.25, -0.2) is 4.39 Å². The monoisotopic (exact) mass is 247 g/mol. The zero-order valence-electron chi connectivity index (χ0n) is 9.17. The van der Waals surface area contributed by atoms with Gasteiger partial charge in [0, 0.05) is 6.54 Å². The number of nitrogens with zero attached hydrogens (tertiary/aromatic N) is 1. The summed E-state index contributed by atoms with van der Waals surface area (Å²) in [6, 6.07) is 6.11. The molecule has 1 aromatic carbocycles. The van der Waals surface area contributed by atoms with E-state index in [0.29, 0.717) is 19.5 Å². The van der Waals surface area contributed by atoms with Gasteiger partial charge in [0.1, 0.15) is 5.82 Å². The van der Waals surface area contributed by atoms with Crippen molar-refractivity contribution in [2.75, 3.05) is 19.6 Å². The minimum atomic E-state index is -4.16. The summed E-state index contributed by atoms with van der Waals surface area (Å²) in [5, 5.41) is 0. The number of likely N-dealkylation sites (tertiary alicyclic amines) is 1. The number of benzene rings is 1. The lowest BCUT2D eigenvalue weighted by Gasteiger charge is -2.17. The molecule has 0 spiro atoms. The van der Waals surface area contributed by atoms with Crippen molar-refractivity contribution in [2.24, 2.45) is 0 Å². The summed E-state index contributed by atoms with van der Waals surface area (Å²) in [4.78, 5) is 1.37. The summed E-state index contributed by atoms with van der Waals surface area (Å²) < 4.78 is 49.6. The van der Waals surface area contributed by atoms with Crippen LogP contribution in [0.15, 0.2) is 24.3 Å². The van der Waals surface area contributed by atoms with Crippen LogP contribution in [0.5, 0.6) is 0 Å². The van der Waals surface area contributed by atoms with Crippen LogP contribution in [-0.2, 0) is 0 Å². The van der Waals surface area contributed by atoms with Gasteiger partial charge in [0.05, 0.1) is 6.54 Å². The molecule has 1 fully saturated rings. The third kappa shape index (κ3) is 3.43. The molecule has 1 aliphatic rings. The van der Waals surface area contributed by atoms with E-state index in [2.05, 4.69) is 0 Å². The highest BCUT2D eigenvalue weighted by molar-refractivity contribution is 5.22. The highest BCUT2D eigenvalue weighted by Crippen LogP contribution is 2.29. The van der Waals surface area contributed by atoms with E-state index >= 15 is 0 Å².